The van der Waals surface area contributed by atoms with Gasteiger partial charge in [0.15, 0.2) is 5.78 Å². The number of fused-ring (bicyclic) bond motifs is 1. The van der Waals surface area contributed by atoms with Gasteiger partial charge in [-0.25, -0.2) is 0 Å². The molecule has 0 fully saturated rings. The number of halogens is 1. The second kappa shape index (κ2) is 6.16. The first-order valence-corrected chi connectivity index (χ1v) is 7.66. The Balaban J connectivity index is 2.61. The summed E-state index contributed by atoms with van der Waals surface area (Å²) in [6, 6.07) is 4.88. The number of hydrogen-bond acceptors (Lipinski definition) is 4. The molecule has 1 aliphatic carbocycles. The third kappa shape index (κ3) is 2.88. The lowest BCUT2D eigenvalue weighted by Gasteiger charge is -2.34. The van der Waals surface area contributed by atoms with Crippen LogP contribution in [0.5, 0.6) is 0 Å². The Hall–Kier alpha value is -2.14. The first-order chi connectivity index (χ1) is 10.7. The van der Waals surface area contributed by atoms with Gasteiger partial charge in [-0.2, -0.15) is 0 Å². The van der Waals surface area contributed by atoms with E-state index in [1.54, 1.807) is 19.1 Å². The first kappa shape index (κ1) is 17.2. The van der Waals surface area contributed by atoms with Crippen LogP contribution in [0.25, 0.3) is 5.76 Å². The Bertz CT molecular complexity index is 738. The molecule has 0 heterocycles. The van der Waals surface area contributed by atoms with E-state index in [4.69, 9.17) is 11.6 Å². The Morgan fingerprint density at radius 2 is 2.00 bits per heavy atom. The summed E-state index contributed by atoms with van der Waals surface area (Å²) in [5.41, 5.74) is -0.260. The number of benzene rings is 1. The maximum absolute atomic E-state index is 12.8. The fourth-order valence-electron chi connectivity index (χ4n) is 2.69. The van der Waals surface area contributed by atoms with Crippen LogP contribution in [0.2, 0.25) is 5.02 Å². The molecule has 0 spiro atoms. The van der Waals surface area contributed by atoms with Crippen LogP contribution in [0.15, 0.2) is 23.8 Å². The summed E-state index contributed by atoms with van der Waals surface area (Å²) < 4.78 is 0. The molecule has 1 amide bonds. The molecule has 0 aliphatic heterocycles. The maximum atomic E-state index is 12.8. The second-order valence-electron chi connectivity index (χ2n) is 5.81. The number of carbonyl (C=O) groups is 3. The van der Waals surface area contributed by atoms with Crippen LogP contribution in [-0.4, -0.2) is 29.1 Å². The molecule has 0 unspecified atom stereocenters. The van der Waals surface area contributed by atoms with Gasteiger partial charge in [-0.15, -0.1) is 0 Å². The molecule has 1 atom stereocenters. The molecule has 2 rings (SSSR count). The number of aliphatic hydroxyl groups excluding tert-OH is 1. The topological polar surface area (TPSA) is 83.5 Å². The van der Waals surface area contributed by atoms with Crippen molar-refractivity contribution >= 4 is 34.8 Å². The van der Waals surface area contributed by atoms with Crippen molar-refractivity contribution in [1.82, 2.24) is 5.32 Å². The average Bonchev–Trinajstić information content (AvgIpc) is 2.50. The van der Waals surface area contributed by atoms with Crippen molar-refractivity contribution in [1.29, 1.82) is 0 Å². The van der Waals surface area contributed by atoms with Crippen molar-refractivity contribution in [3.63, 3.8) is 0 Å². The quantitative estimate of drug-likeness (QED) is 0.828. The van der Waals surface area contributed by atoms with Crippen molar-refractivity contribution in [2.24, 2.45) is 0 Å². The van der Waals surface area contributed by atoms with Crippen LogP contribution < -0.4 is 5.32 Å². The second-order valence-corrected chi connectivity index (χ2v) is 6.25. The highest BCUT2D eigenvalue weighted by molar-refractivity contribution is 6.32. The van der Waals surface area contributed by atoms with Crippen molar-refractivity contribution in [3.8, 4) is 0 Å². The number of Topliss-reactive ketones (excluding diaryl/α,β-unsaturated/α-hetero) is 2. The highest BCUT2D eigenvalue weighted by Crippen LogP contribution is 2.42. The van der Waals surface area contributed by atoms with E-state index in [1.165, 1.54) is 13.0 Å². The van der Waals surface area contributed by atoms with Gasteiger partial charge in [0.1, 0.15) is 17.1 Å². The highest BCUT2D eigenvalue weighted by Gasteiger charge is 2.45. The zero-order chi connectivity index (χ0) is 17.4. The molecular formula is C17H18ClNO4. The van der Waals surface area contributed by atoms with Gasteiger partial charge in [0.05, 0.1) is 12.0 Å². The zero-order valence-electron chi connectivity index (χ0n) is 13.2. The number of amides is 1. The number of ketones is 2. The molecule has 1 aromatic rings. The summed E-state index contributed by atoms with van der Waals surface area (Å²) in [6.07, 6.45) is 0.456. The Kier molecular flexibility index (Phi) is 4.61. The molecule has 2 N–H and O–H groups in total. The predicted molar refractivity (Wildman–Crippen MR) is 87.3 cm³/mol. The van der Waals surface area contributed by atoms with Crippen molar-refractivity contribution in [2.75, 3.05) is 6.54 Å². The van der Waals surface area contributed by atoms with E-state index in [0.717, 1.165) is 0 Å². The number of aliphatic hydroxyl groups is 1. The number of rotatable bonds is 4. The highest BCUT2D eigenvalue weighted by atomic mass is 35.5. The normalized spacial score (nSPS) is 20.3. The fourth-order valence-corrected chi connectivity index (χ4v) is 2.86. The first-order valence-electron chi connectivity index (χ1n) is 7.28. The Morgan fingerprint density at radius 3 is 2.57 bits per heavy atom. The van der Waals surface area contributed by atoms with Gasteiger partial charge >= 0.3 is 0 Å². The molecule has 0 bridgehead atoms. The van der Waals surface area contributed by atoms with Crippen LogP contribution in [0.3, 0.4) is 0 Å². The maximum Gasteiger partial charge on any atom is 0.259 e. The molecular weight excluding hydrogens is 318 g/mol. The van der Waals surface area contributed by atoms with Crippen molar-refractivity contribution < 1.29 is 19.5 Å². The van der Waals surface area contributed by atoms with Crippen LogP contribution in [0.1, 0.15) is 38.3 Å². The Morgan fingerprint density at radius 1 is 1.35 bits per heavy atom. The molecule has 0 radical (unpaired) electrons. The molecule has 0 aromatic heterocycles. The number of carbonyl (C=O) groups excluding carboxylic acids is 3. The third-order valence-corrected chi connectivity index (χ3v) is 4.46. The monoisotopic (exact) mass is 335 g/mol. The standard InChI is InChI=1S/C17H18ClNO4/c1-4-17(3)12-6-5-10(18)7-11(12)14(21)13(15(17)22)16(23)19-8-9(2)20/h5-7,21H,4,8H2,1-3H3,(H,19,23)/t17-/m0/s1. The van der Waals surface area contributed by atoms with Crippen LogP contribution in [0, 0.1) is 0 Å². The van der Waals surface area contributed by atoms with E-state index in [2.05, 4.69) is 5.32 Å². The summed E-state index contributed by atoms with van der Waals surface area (Å²) in [6.45, 7) is 4.69. The smallest absolute Gasteiger partial charge is 0.259 e. The van der Waals surface area contributed by atoms with Crippen LogP contribution in [-0.2, 0) is 19.8 Å². The third-order valence-electron chi connectivity index (χ3n) is 4.23. The minimum absolute atomic E-state index is 0.200. The van der Waals surface area contributed by atoms with Crippen LogP contribution in [0.4, 0.5) is 0 Å². The minimum atomic E-state index is -0.935. The number of nitrogens with one attached hydrogen (secondary N) is 1. The molecule has 0 saturated carbocycles. The van der Waals surface area contributed by atoms with Gasteiger partial charge in [-0.3, -0.25) is 14.4 Å². The van der Waals surface area contributed by atoms with E-state index in [-0.39, 0.29) is 17.9 Å². The summed E-state index contributed by atoms with van der Waals surface area (Å²) in [5.74, 6) is -1.87. The van der Waals surface area contributed by atoms with Gasteiger partial charge in [-0.1, -0.05) is 24.6 Å². The molecule has 5 nitrogen and oxygen atoms in total. The van der Waals surface area contributed by atoms with Crippen molar-refractivity contribution in [2.45, 2.75) is 32.6 Å². The van der Waals surface area contributed by atoms with E-state index in [1.807, 2.05) is 6.92 Å². The average molecular weight is 336 g/mol. The van der Waals surface area contributed by atoms with Gasteiger partial charge in [0.25, 0.3) is 5.91 Å². The zero-order valence-corrected chi connectivity index (χ0v) is 14.0. The lowest BCUT2D eigenvalue weighted by atomic mass is 9.68. The summed E-state index contributed by atoms with van der Waals surface area (Å²) in [4.78, 5) is 36.1. The van der Waals surface area contributed by atoms with Crippen molar-refractivity contribution in [3.05, 3.63) is 39.9 Å². The fraction of sp³-hybridized carbons (Fsp3) is 0.353. The molecule has 1 aromatic carbocycles. The van der Waals surface area contributed by atoms with Gasteiger partial charge in [0.2, 0.25) is 0 Å². The lowest BCUT2D eigenvalue weighted by molar-refractivity contribution is -0.127. The molecule has 6 heteroatoms. The predicted octanol–water partition coefficient (Wildman–Crippen LogP) is 2.56. The van der Waals surface area contributed by atoms with Gasteiger partial charge in [-0.05, 0) is 38.0 Å². The minimum Gasteiger partial charge on any atom is -0.506 e. The molecule has 1 aliphatic rings. The Labute approximate surface area is 139 Å². The van der Waals surface area contributed by atoms with Gasteiger partial charge < -0.3 is 10.4 Å². The van der Waals surface area contributed by atoms with Crippen LogP contribution >= 0.6 is 11.6 Å². The lowest BCUT2D eigenvalue weighted by Crippen LogP contribution is -2.43. The largest absolute Gasteiger partial charge is 0.506 e. The van der Waals surface area contributed by atoms with E-state index in [9.17, 15) is 19.5 Å². The summed E-state index contributed by atoms with van der Waals surface area (Å²) >= 11 is 5.98. The number of hydrogen-bond donors (Lipinski definition) is 2. The van der Waals surface area contributed by atoms with E-state index in [0.29, 0.717) is 22.6 Å². The SMILES string of the molecule is CC[C@]1(C)C(=O)C(C(=O)NCC(C)=O)=C(O)c2cc(Cl)ccc21. The van der Waals surface area contributed by atoms with E-state index >= 15 is 0 Å². The summed E-state index contributed by atoms with van der Waals surface area (Å²) in [7, 11) is 0. The molecule has 122 valence electrons. The molecule has 23 heavy (non-hydrogen) atoms. The van der Waals surface area contributed by atoms with E-state index < -0.39 is 22.9 Å². The van der Waals surface area contributed by atoms with Gasteiger partial charge in [0, 0.05) is 10.6 Å². The summed E-state index contributed by atoms with van der Waals surface area (Å²) in [5, 5.41) is 13.2. The molecule has 0 saturated heterocycles.